The molecular formula is C46H52O18. The Morgan fingerprint density at radius 2 is 0.625 bits per heavy atom. The second-order valence-electron chi connectivity index (χ2n) is 15.8. The predicted octanol–water partition coefficient (Wildman–Crippen LogP) is 9.08. The Kier molecular flexibility index (Phi) is 16.9. The van der Waals surface area contributed by atoms with Gasteiger partial charge in [-0.2, -0.15) is 14.4 Å². The van der Waals surface area contributed by atoms with Crippen LogP contribution in [0.4, 0.5) is 14.4 Å². The predicted molar refractivity (Wildman–Crippen MR) is 219 cm³/mol. The van der Waals surface area contributed by atoms with E-state index in [2.05, 4.69) is 0 Å². The average molecular weight is 893 g/mol. The van der Waals surface area contributed by atoms with Gasteiger partial charge < -0.3 is 28.4 Å². The summed E-state index contributed by atoms with van der Waals surface area (Å²) in [7, 11) is 4.21. The molecule has 0 aliphatic heterocycles. The van der Waals surface area contributed by atoms with Crippen molar-refractivity contribution in [3.05, 3.63) is 89.5 Å². The molecule has 18 heteroatoms. The highest BCUT2D eigenvalue weighted by molar-refractivity contribution is 5.93. The summed E-state index contributed by atoms with van der Waals surface area (Å²) < 4.78 is 32.1. The largest absolute Gasteiger partial charge is 0.550 e. The van der Waals surface area contributed by atoms with Crippen LogP contribution in [-0.4, -0.2) is 76.0 Å². The van der Waals surface area contributed by atoms with E-state index in [0.29, 0.717) is 38.5 Å². The Hall–Kier alpha value is -6.72. The van der Waals surface area contributed by atoms with Gasteiger partial charge in [0.05, 0.1) is 21.3 Å². The Morgan fingerprint density at radius 3 is 0.875 bits per heavy atom. The summed E-state index contributed by atoms with van der Waals surface area (Å²) in [6, 6.07) is 19.1. The lowest BCUT2D eigenvalue weighted by atomic mass is 9.61. The first-order chi connectivity index (χ1) is 31.1. The average Bonchev–Trinajstić information content (AvgIpc) is 3.33. The number of carbonyl (C=O) groups is 6. The van der Waals surface area contributed by atoms with E-state index in [1.54, 1.807) is 54.6 Å². The molecule has 0 N–H and O–H groups in total. The van der Waals surface area contributed by atoms with E-state index < -0.39 is 54.7 Å². The lowest BCUT2D eigenvalue weighted by Gasteiger charge is -2.45. The second kappa shape index (κ2) is 23.1. The van der Waals surface area contributed by atoms with E-state index >= 15 is 0 Å². The molecule has 3 aliphatic rings. The molecule has 0 saturated heterocycles. The van der Waals surface area contributed by atoms with Crippen LogP contribution in [0, 0.1) is 23.7 Å². The molecule has 3 aromatic rings. The Labute approximate surface area is 369 Å². The maximum absolute atomic E-state index is 12.6. The van der Waals surface area contributed by atoms with Crippen molar-refractivity contribution in [3.8, 4) is 17.2 Å². The van der Waals surface area contributed by atoms with Crippen molar-refractivity contribution in [3.63, 3.8) is 0 Å². The standard InChI is InChI=1S/C46H52O18/c1-53-37-13-7-4-10-34(37)41(47)59-62-44(50)56-31-22-16-28(17-23-31)40(29-18-24-32(25-19-29)57-45(51)63-60-42(48)35-11-5-8-14-38(35)54-2)30-20-26-33(27-21-30)58-46(52)64-61-43(49)36-12-6-9-15-39(36)55-3/h4-15,28-33,40H,16-27H2,1-3H3. The zero-order valence-corrected chi connectivity index (χ0v) is 35.8. The third-order valence-electron chi connectivity index (χ3n) is 12.1. The maximum Gasteiger partial charge on any atom is 0.550 e. The van der Waals surface area contributed by atoms with Gasteiger partial charge in [-0.1, -0.05) is 36.4 Å². The summed E-state index contributed by atoms with van der Waals surface area (Å²) in [5.74, 6) is -0.892. The quantitative estimate of drug-likeness (QED) is 0.0717. The van der Waals surface area contributed by atoms with Gasteiger partial charge in [-0.15, -0.1) is 0 Å². The van der Waals surface area contributed by atoms with E-state index in [-0.39, 0.29) is 57.6 Å². The molecule has 0 amide bonds. The molecule has 6 rings (SSSR count). The van der Waals surface area contributed by atoms with Crippen LogP contribution in [0.1, 0.15) is 108 Å². The first kappa shape index (κ1) is 46.8. The number of carbonyl (C=O) groups excluding carboxylic acids is 6. The highest BCUT2D eigenvalue weighted by Crippen LogP contribution is 2.48. The van der Waals surface area contributed by atoms with Crippen molar-refractivity contribution < 1.29 is 86.5 Å². The molecule has 0 radical (unpaired) electrons. The summed E-state index contributed by atoms with van der Waals surface area (Å²) in [6.45, 7) is 0. The molecule has 0 atom stereocenters. The normalized spacial score (nSPS) is 22.2. The van der Waals surface area contributed by atoms with Gasteiger partial charge >= 0.3 is 36.4 Å². The minimum Gasteiger partial charge on any atom is -0.496 e. The molecule has 0 spiro atoms. The Balaban J connectivity index is 1.01. The maximum atomic E-state index is 12.6. The topological polar surface area (TPSA) is 213 Å². The van der Waals surface area contributed by atoms with Crippen LogP contribution in [0.25, 0.3) is 0 Å². The van der Waals surface area contributed by atoms with E-state index in [1.165, 1.54) is 39.5 Å². The van der Waals surface area contributed by atoms with Crippen LogP contribution in [0.3, 0.4) is 0 Å². The van der Waals surface area contributed by atoms with Crippen molar-refractivity contribution in [2.75, 3.05) is 21.3 Å². The fraction of sp³-hybridized carbons (Fsp3) is 0.478. The van der Waals surface area contributed by atoms with Crippen molar-refractivity contribution in [1.82, 2.24) is 0 Å². The highest BCUT2D eigenvalue weighted by atomic mass is 17.2. The van der Waals surface area contributed by atoms with E-state index in [0.717, 1.165) is 38.5 Å². The first-order valence-corrected chi connectivity index (χ1v) is 21.2. The van der Waals surface area contributed by atoms with Gasteiger partial charge in [-0.25, -0.2) is 43.7 Å². The highest BCUT2D eigenvalue weighted by Gasteiger charge is 2.42. The molecule has 3 aromatic carbocycles. The third kappa shape index (κ3) is 12.7. The summed E-state index contributed by atoms with van der Waals surface area (Å²) in [5.41, 5.74) is 0.255. The number of para-hydroxylation sites is 3. The number of rotatable bonds is 12. The number of benzene rings is 3. The van der Waals surface area contributed by atoms with Gasteiger partial charge in [0.1, 0.15) is 52.3 Å². The fourth-order valence-corrected chi connectivity index (χ4v) is 9.19. The molecule has 18 nitrogen and oxygen atoms in total. The number of ether oxygens (including phenoxy) is 6. The van der Waals surface area contributed by atoms with Crippen molar-refractivity contribution in [1.29, 1.82) is 0 Å². The lowest BCUT2D eigenvalue weighted by molar-refractivity contribution is -0.209. The molecule has 0 heterocycles. The van der Waals surface area contributed by atoms with Crippen LogP contribution >= 0.6 is 0 Å². The minimum absolute atomic E-state index is 0.0850. The molecule has 0 unspecified atom stereocenters. The summed E-state index contributed by atoms with van der Waals surface area (Å²) in [4.78, 5) is 103. The van der Waals surface area contributed by atoms with Crippen molar-refractivity contribution in [2.24, 2.45) is 23.7 Å². The van der Waals surface area contributed by atoms with Gasteiger partial charge in [0.25, 0.3) is 0 Å². The Morgan fingerprint density at radius 1 is 0.375 bits per heavy atom. The van der Waals surface area contributed by atoms with E-state index in [9.17, 15) is 28.8 Å². The second-order valence-corrected chi connectivity index (χ2v) is 15.8. The molecule has 3 saturated carbocycles. The molecule has 3 fully saturated rings. The van der Waals surface area contributed by atoms with Crippen molar-refractivity contribution >= 4 is 36.4 Å². The SMILES string of the molecule is COc1ccccc1C(=O)OOC(=O)OC1CCC(C(C2CCC(OC(=O)OOC(=O)c3ccccc3OC)CC2)C2CCC(OC(=O)OOC(=O)c3ccccc3OC)CC2)CC1. The third-order valence-corrected chi connectivity index (χ3v) is 12.1. The van der Waals surface area contributed by atoms with Crippen LogP contribution in [-0.2, 0) is 43.5 Å². The van der Waals surface area contributed by atoms with Gasteiger partial charge in [0.2, 0.25) is 0 Å². The minimum atomic E-state index is -1.12. The molecule has 64 heavy (non-hydrogen) atoms. The molecule has 0 aromatic heterocycles. The zero-order chi connectivity index (χ0) is 45.4. The van der Waals surface area contributed by atoms with Gasteiger partial charge in [0.15, 0.2) is 0 Å². The van der Waals surface area contributed by atoms with Gasteiger partial charge in [0, 0.05) is 0 Å². The fourth-order valence-electron chi connectivity index (χ4n) is 9.19. The first-order valence-electron chi connectivity index (χ1n) is 21.2. The van der Waals surface area contributed by atoms with Gasteiger partial charge in [-0.05, 0) is 137 Å². The summed E-state index contributed by atoms with van der Waals surface area (Å²) in [5, 5.41) is 0. The van der Waals surface area contributed by atoms with Crippen LogP contribution < -0.4 is 14.2 Å². The van der Waals surface area contributed by atoms with Crippen LogP contribution in [0.15, 0.2) is 72.8 Å². The summed E-state index contributed by atoms with van der Waals surface area (Å²) >= 11 is 0. The van der Waals surface area contributed by atoms with E-state index in [4.69, 9.17) is 57.7 Å². The molecule has 0 bridgehead atoms. The van der Waals surface area contributed by atoms with Crippen LogP contribution in [0.5, 0.6) is 17.2 Å². The van der Waals surface area contributed by atoms with E-state index in [1.807, 2.05) is 0 Å². The number of hydrogen-bond donors (Lipinski definition) is 0. The zero-order valence-electron chi connectivity index (χ0n) is 35.8. The lowest BCUT2D eigenvalue weighted by Crippen LogP contribution is -2.39. The molecule has 344 valence electrons. The Bertz CT molecular complexity index is 1830. The smallest absolute Gasteiger partial charge is 0.496 e. The molecule has 3 aliphatic carbocycles. The molecular weight excluding hydrogens is 840 g/mol. The van der Waals surface area contributed by atoms with Crippen molar-refractivity contribution in [2.45, 2.75) is 95.4 Å². The number of methoxy groups -OCH3 is 3. The monoisotopic (exact) mass is 892 g/mol. The van der Waals surface area contributed by atoms with Gasteiger partial charge in [-0.3, -0.25) is 0 Å². The summed E-state index contributed by atoms with van der Waals surface area (Å²) in [6.07, 6.45) is 3.17. The number of hydrogen-bond acceptors (Lipinski definition) is 18. The van der Waals surface area contributed by atoms with Crippen LogP contribution in [0.2, 0.25) is 0 Å².